The van der Waals surface area contributed by atoms with Crippen molar-refractivity contribution in [2.75, 3.05) is 0 Å². The van der Waals surface area contributed by atoms with E-state index >= 15 is 0 Å². The van der Waals surface area contributed by atoms with Gasteiger partial charge in [-0.25, -0.2) is 0 Å². The molecule has 0 amide bonds. The van der Waals surface area contributed by atoms with Crippen LogP contribution in [0.4, 0.5) is 0 Å². The Bertz CT molecular complexity index is 503. The average molecular weight is 285 g/mol. The van der Waals surface area contributed by atoms with E-state index < -0.39 is 0 Å². The lowest BCUT2D eigenvalue weighted by Crippen LogP contribution is -2.22. The highest BCUT2D eigenvalue weighted by Gasteiger charge is 1.76. The molecule has 3 aromatic rings. The number of pyridine rings is 3. The second kappa shape index (κ2) is 9.74. The van der Waals surface area contributed by atoms with E-state index in [2.05, 4.69) is 0 Å². The van der Waals surface area contributed by atoms with Crippen LogP contribution < -0.4 is 14.2 Å². The van der Waals surface area contributed by atoms with E-state index in [0.717, 1.165) is 14.2 Å². The lowest BCUT2D eigenvalue weighted by atomic mass is 10.5. The smallest absolute Gasteiger partial charge is 0.180 e. The molecule has 3 aromatic heterocycles. The van der Waals surface area contributed by atoms with Crippen molar-refractivity contribution in [2.45, 2.75) is 0 Å². The van der Waals surface area contributed by atoms with Gasteiger partial charge in [0, 0.05) is 36.4 Å². The maximum absolute atomic E-state index is 10.2. The summed E-state index contributed by atoms with van der Waals surface area (Å²) in [6.07, 6.45) is 8.67. The molecule has 0 aliphatic rings. The van der Waals surface area contributed by atoms with Crippen molar-refractivity contribution in [2.24, 2.45) is 0 Å². The fraction of sp³-hybridized carbons (Fsp3) is 0. The summed E-state index contributed by atoms with van der Waals surface area (Å²) in [6, 6.07) is 15.5. The van der Waals surface area contributed by atoms with Crippen LogP contribution in [0, 0.1) is 15.6 Å². The lowest BCUT2D eigenvalue weighted by molar-refractivity contribution is -0.605. The summed E-state index contributed by atoms with van der Waals surface area (Å²) in [5, 5.41) is 30.6. The third-order valence-electron chi connectivity index (χ3n) is 2.06. The van der Waals surface area contributed by atoms with Gasteiger partial charge in [0.25, 0.3) is 0 Å². The van der Waals surface area contributed by atoms with Crippen LogP contribution in [0.2, 0.25) is 0 Å². The van der Waals surface area contributed by atoms with Crippen LogP contribution in [-0.2, 0) is 0 Å². The first-order valence-corrected chi connectivity index (χ1v) is 6.10. The molecule has 0 bridgehead atoms. The molecule has 3 heterocycles. The van der Waals surface area contributed by atoms with Gasteiger partial charge in [0.2, 0.25) is 0 Å². The zero-order valence-corrected chi connectivity index (χ0v) is 11.2. The van der Waals surface area contributed by atoms with Gasteiger partial charge in [-0.05, 0) is 0 Å². The van der Waals surface area contributed by atoms with Crippen molar-refractivity contribution in [3.05, 3.63) is 107 Å². The molecule has 0 radical (unpaired) electrons. The molecule has 6 nitrogen and oxygen atoms in total. The zero-order valence-electron chi connectivity index (χ0n) is 11.2. The molecule has 0 fully saturated rings. The summed E-state index contributed by atoms with van der Waals surface area (Å²) in [4.78, 5) is 0. The van der Waals surface area contributed by atoms with E-state index in [-0.39, 0.29) is 0 Å². The Morgan fingerprint density at radius 2 is 0.524 bits per heavy atom. The zero-order chi connectivity index (χ0) is 15.3. The number of aromatic nitrogens is 3. The largest absolute Gasteiger partial charge is 0.619 e. The van der Waals surface area contributed by atoms with Crippen molar-refractivity contribution in [1.82, 2.24) is 0 Å². The van der Waals surface area contributed by atoms with Crippen LogP contribution in [0.25, 0.3) is 0 Å². The first-order chi connectivity index (χ1) is 10.2. The standard InChI is InChI=1S/3C5H5NO/c3*7-6-4-2-1-3-5-6/h3*1-5H. The Morgan fingerprint density at radius 1 is 0.333 bits per heavy atom. The predicted molar refractivity (Wildman–Crippen MR) is 76.2 cm³/mol. The van der Waals surface area contributed by atoms with E-state index in [1.54, 1.807) is 54.6 Å². The molecule has 0 spiro atoms. The Labute approximate surface area is 122 Å². The molecule has 0 unspecified atom stereocenters. The molecule has 0 aliphatic carbocycles. The molecule has 0 saturated carbocycles. The molecular weight excluding hydrogens is 270 g/mol. The number of nitrogens with zero attached hydrogens (tertiary/aromatic N) is 3. The summed E-state index contributed by atoms with van der Waals surface area (Å²) in [6.45, 7) is 0. The van der Waals surface area contributed by atoms with Crippen LogP contribution in [0.3, 0.4) is 0 Å². The quantitative estimate of drug-likeness (QED) is 0.456. The van der Waals surface area contributed by atoms with Gasteiger partial charge in [-0.2, -0.15) is 14.2 Å². The maximum atomic E-state index is 10.2. The van der Waals surface area contributed by atoms with E-state index in [0.29, 0.717) is 0 Å². The first-order valence-electron chi connectivity index (χ1n) is 6.10. The first kappa shape index (κ1) is 15.9. The van der Waals surface area contributed by atoms with Gasteiger partial charge < -0.3 is 15.6 Å². The monoisotopic (exact) mass is 285 g/mol. The van der Waals surface area contributed by atoms with Crippen molar-refractivity contribution in [3.8, 4) is 0 Å². The topological polar surface area (TPSA) is 80.8 Å². The van der Waals surface area contributed by atoms with E-state index in [4.69, 9.17) is 0 Å². The van der Waals surface area contributed by atoms with Crippen LogP contribution in [0.15, 0.2) is 91.8 Å². The average Bonchev–Trinajstić information content (AvgIpc) is 2.51. The van der Waals surface area contributed by atoms with Crippen molar-refractivity contribution >= 4 is 0 Å². The van der Waals surface area contributed by atoms with Gasteiger partial charge in [-0.15, -0.1) is 0 Å². The van der Waals surface area contributed by atoms with Crippen molar-refractivity contribution in [1.29, 1.82) is 0 Å². The molecule has 0 saturated heterocycles. The van der Waals surface area contributed by atoms with Gasteiger partial charge in [0.1, 0.15) is 0 Å². The third kappa shape index (κ3) is 8.55. The normalized spacial score (nSPS) is 8.57. The molecule has 0 atom stereocenters. The van der Waals surface area contributed by atoms with E-state index in [1.807, 2.05) is 0 Å². The molecule has 3 rings (SSSR count). The van der Waals surface area contributed by atoms with Crippen LogP contribution in [0.1, 0.15) is 0 Å². The second-order valence-corrected chi connectivity index (χ2v) is 3.71. The third-order valence-corrected chi connectivity index (χ3v) is 2.06. The maximum Gasteiger partial charge on any atom is 0.180 e. The summed E-state index contributed by atoms with van der Waals surface area (Å²) < 4.78 is 2.25. The van der Waals surface area contributed by atoms with Gasteiger partial charge in [0.05, 0.1) is 0 Å². The minimum atomic E-state index is 0.750. The molecule has 0 aromatic carbocycles. The molecule has 0 aliphatic heterocycles. The summed E-state index contributed by atoms with van der Waals surface area (Å²) >= 11 is 0. The Kier molecular flexibility index (Phi) is 7.38. The Balaban J connectivity index is 0.000000157. The highest BCUT2D eigenvalue weighted by molar-refractivity contribution is 4.84. The van der Waals surface area contributed by atoms with Gasteiger partial charge in [0.15, 0.2) is 37.2 Å². The summed E-state index contributed by atoms with van der Waals surface area (Å²) in [7, 11) is 0. The molecule has 108 valence electrons. The highest BCUT2D eigenvalue weighted by atomic mass is 16.5. The van der Waals surface area contributed by atoms with Gasteiger partial charge in [-0.3, -0.25) is 0 Å². The molecule has 21 heavy (non-hydrogen) atoms. The second-order valence-electron chi connectivity index (χ2n) is 3.71. The molecule has 0 N–H and O–H groups in total. The minimum absolute atomic E-state index is 0.750. The van der Waals surface area contributed by atoms with Gasteiger partial charge in [-0.1, -0.05) is 18.2 Å². The Morgan fingerprint density at radius 3 is 0.619 bits per heavy atom. The fourth-order valence-corrected chi connectivity index (χ4v) is 1.15. The number of hydrogen-bond acceptors (Lipinski definition) is 3. The van der Waals surface area contributed by atoms with E-state index in [9.17, 15) is 15.6 Å². The summed E-state index contributed by atoms with van der Waals surface area (Å²) in [5.74, 6) is 0. The Hall–Kier alpha value is -3.15. The highest BCUT2D eigenvalue weighted by Crippen LogP contribution is 1.73. The van der Waals surface area contributed by atoms with Crippen molar-refractivity contribution < 1.29 is 14.2 Å². The predicted octanol–water partition coefficient (Wildman–Crippen LogP) is 0.960. The van der Waals surface area contributed by atoms with Crippen LogP contribution in [-0.4, -0.2) is 0 Å². The van der Waals surface area contributed by atoms with E-state index in [1.165, 1.54) is 37.2 Å². The molecular formula is C15H15N3O3. The minimum Gasteiger partial charge on any atom is -0.619 e. The number of hydrogen-bond donors (Lipinski definition) is 0. The summed E-state index contributed by atoms with van der Waals surface area (Å²) in [5.41, 5.74) is 0. The number of rotatable bonds is 0. The van der Waals surface area contributed by atoms with Crippen LogP contribution >= 0.6 is 0 Å². The fourth-order valence-electron chi connectivity index (χ4n) is 1.15. The van der Waals surface area contributed by atoms with Gasteiger partial charge >= 0.3 is 0 Å². The molecule has 6 heteroatoms. The SMILES string of the molecule is [O-][n+]1ccccc1.[O-][n+]1ccccc1.[O-][n+]1ccccc1. The van der Waals surface area contributed by atoms with Crippen molar-refractivity contribution in [3.63, 3.8) is 0 Å². The lowest BCUT2D eigenvalue weighted by Gasteiger charge is -1.88. The van der Waals surface area contributed by atoms with Crippen LogP contribution in [0.5, 0.6) is 0 Å².